The van der Waals surface area contributed by atoms with Crippen LogP contribution in [0.25, 0.3) is 11.1 Å². The molecular weight excluding hydrogens is 184 g/mol. The molecule has 2 N–H and O–H groups in total. The molecule has 2 nitrogen and oxygen atoms in total. The Morgan fingerprint density at radius 3 is 2.40 bits per heavy atom. The number of hydrogen-bond donors (Lipinski definition) is 1. The molecule has 1 aromatic heterocycles. The molecule has 0 fully saturated rings. The number of rotatable bonds is 2. The van der Waals surface area contributed by atoms with Gasteiger partial charge in [0.15, 0.2) is 0 Å². The van der Waals surface area contributed by atoms with Crippen molar-refractivity contribution in [3.63, 3.8) is 0 Å². The van der Waals surface area contributed by atoms with Gasteiger partial charge in [-0.1, -0.05) is 18.2 Å². The minimum Gasteiger partial charge on any atom is -0.326 e. The van der Waals surface area contributed by atoms with E-state index in [1.54, 1.807) is 0 Å². The fourth-order valence-corrected chi connectivity index (χ4v) is 1.65. The zero-order valence-corrected chi connectivity index (χ0v) is 8.77. The third kappa shape index (κ3) is 2.05. The molecule has 0 atom stereocenters. The highest BCUT2D eigenvalue weighted by Crippen LogP contribution is 2.21. The van der Waals surface area contributed by atoms with Gasteiger partial charge in [0.25, 0.3) is 0 Å². The number of nitrogens with zero attached hydrogens (tertiary/aromatic N) is 1. The summed E-state index contributed by atoms with van der Waals surface area (Å²) in [6.07, 6.45) is 3.61. The summed E-state index contributed by atoms with van der Waals surface area (Å²) in [6.45, 7) is 2.69. The van der Waals surface area contributed by atoms with Gasteiger partial charge in [0.05, 0.1) is 0 Å². The molecule has 0 spiro atoms. The molecule has 0 aliphatic heterocycles. The molecule has 76 valence electrons. The molecule has 0 bridgehead atoms. The first-order valence-electron chi connectivity index (χ1n) is 5.01. The molecule has 1 heterocycles. The predicted octanol–water partition coefficient (Wildman–Crippen LogP) is 2.52. The molecule has 2 rings (SSSR count). The second-order valence-electron chi connectivity index (χ2n) is 3.58. The minimum absolute atomic E-state index is 0.600. The fourth-order valence-electron chi connectivity index (χ4n) is 1.65. The van der Waals surface area contributed by atoms with E-state index in [2.05, 4.69) is 30.1 Å². The Bertz CT molecular complexity index is 449. The van der Waals surface area contributed by atoms with Crippen LogP contribution < -0.4 is 5.73 Å². The highest BCUT2D eigenvalue weighted by Gasteiger charge is 2.00. The van der Waals surface area contributed by atoms with Crippen molar-refractivity contribution in [1.29, 1.82) is 0 Å². The standard InChI is InChI=1S/C13H14N2/c1-10-8-12(2-3-13(10)9-14)11-4-6-15-7-5-11/h2-8H,9,14H2,1H3. The summed E-state index contributed by atoms with van der Waals surface area (Å²) in [5, 5.41) is 0. The zero-order valence-electron chi connectivity index (χ0n) is 8.77. The van der Waals surface area contributed by atoms with Gasteiger partial charge in [0.2, 0.25) is 0 Å². The number of hydrogen-bond acceptors (Lipinski definition) is 2. The van der Waals surface area contributed by atoms with Gasteiger partial charge in [0, 0.05) is 18.9 Å². The smallest absolute Gasteiger partial charge is 0.0273 e. The largest absolute Gasteiger partial charge is 0.326 e. The molecule has 0 saturated carbocycles. The van der Waals surface area contributed by atoms with Gasteiger partial charge >= 0.3 is 0 Å². The summed E-state index contributed by atoms with van der Waals surface area (Å²) in [6, 6.07) is 10.4. The van der Waals surface area contributed by atoms with Gasteiger partial charge < -0.3 is 5.73 Å². The van der Waals surface area contributed by atoms with E-state index in [9.17, 15) is 0 Å². The Balaban J connectivity index is 2.43. The van der Waals surface area contributed by atoms with Gasteiger partial charge in [0.1, 0.15) is 0 Å². The molecule has 0 radical (unpaired) electrons. The van der Waals surface area contributed by atoms with E-state index >= 15 is 0 Å². The van der Waals surface area contributed by atoms with Crippen molar-refractivity contribution < 1.29 is 0 Å². The fraction of sp³-hybridized carbons (Fsp3) is 0.154. The lowest BCUT2D eigenvalue weighted by molar-refractivity contribution is 1.05. The highest BCUT2D eigenvalue weighted by atomic mass is 14.6. The first kappa shape index (κ1) is 9.87. The molecule has 2 heteroatoms. The Hall–Kier alpha value is -1.67. The highest BCUT2D eigenvalue weighted by molar-refractivity contribution is 5.64. The van der Waals surface area contributed by atoms with Crippen molar-refractivity contribution in [1.82, 2.24) is 4.98 Å². The van der Waals surface area contributed by atoms with E-state index in [0.29, 0.717) is 6.54 Å². The van der Waals surface area contributed by atoms with Crippen LogP contribution in [0, 0.1) is 6.92 Å². The van der Waals surface area contributed by atoms with E-state index in [1.165, 1.54) is 22.3 Å². The van der Waals surface area contributed by atoms with Crippen molar-refractivity contribution in [3.05, 3.63) is 53.9 Å². The van der Waals surface area contributed by atoms with E-state index in [0.717, 1.165) is 0 Å². The SMILES string of the molecule is Cc1cc(-c2ccncc2)ccc1CN. The average Bonchev–Trinajstić information content (AvgIpc) is 2.30. The normalized spacial score (nSPS) is 10.3. The molecular formula is C13H14N2. The van der Waals surface area contributed by atoms with Crippen molar-refractivity contribution in [3.8, 4) is 11.1 Å². The van der Waals surface area contributed by atoms with Crippen LogP contribution >= 0.6 is 0 Å². The van der Waals surface area contributed by atoms with Crippen molar-refractivity contribution in [2.45, 2.75) is 13.5 Å². The average molecular weight is 198 g/mol. The Labute approximate surface area is 89.8 Å². The lowest BCUT2D eigenvalue weighted by atomic mass is 10.0. The van der Waals surface area contributed by atoms with Crippen molar-refractivity contribution in [2.75, 3.05) is 0 Å². The minimum atomic E-state index is 0.600. The van der Waals surface area contributed by atoms with Crippen LogP contribution in [-0.2, 0) is 6.54 Å². The van der Waals surface area contributed by atoms with Crippen LogP contribution in [0.5, 0.6) is 0 Å². The van der Waals surface area contributed by atoms with Crippen LogP contribution in [0.1, 0.15) is 11.1 Å². The molecule has 0 aliphatic carbocycles. The van der Waals surface area contributed by atoms with E-state index in [-0.39, 0.29) is 0 Å². The maximum absolute atomic E-state index is 5.63. The van der Waals surface area contributed by atoms with Crippen LogP contribution in [-0.4, -0.2) is 4.98 Å². The molecule has 2 aromatic rings. The number of pyridine rings is 1. The lowest BCUT2D eigenvalue weighted by Crippen LogP contribution is -1.98. The van der Waals surface area contributed by atoms with Crippen molar-refractivity contribution >= 4 is 0 Å². The summed E-state index contributed by atoms with van der Waals surface area (Å²) in [5.41, 5.74) is 10.5. The molecule has 0 unspecified atom stereocenters. The number of nitrogens with two attached hydrogens (primary N) is 1. The summed E-state index contributed by atoms with van der Waals surface area (Å²) < 4.78 is 0. The molecule has 0 aliphatic rings. The number of benzene rings is 1. The van der Waals surface area contributed by atoms with Gasteiger partial charge in [-0.2, -0.15) is 0 Å². The summed E-state index contributed by atoms with van der Waals surface area (Å²) in [7, 11) is 0. The summed E-state index contributed by atoms with van der Waals surface area (Å²) in [4.78, 5) is 4.01. The zero-order chi connectivity index (χ0) is 10.7. The first-order valence-corrected chi connectivity index (χ1v) is 5.01. The first-order chi connectivity index (χ1) is 7.31. The third-order valence-corrected chi connectivity index (χ3v) is 2.58. The van der Waals surface area contributed by atoms with Crippen LogP contribution in [0.2, 0.25) is 0 Å². The number of aromatic nitrogens is 1. The van der Waals surface area contributed by atoms with Crippen LogP contribution in [0.4, 0.5) is 0 Å². The second kappa shape index (κ2) is 4.24. The second-order valence-corrected chi connectivity index (χ2v) is 3.58. The van der Waals surface area contributed by atoms with Crippen LogP contribution in [0.15, 0.2) is 42.7 Å². The quantitative estimate of drug-likeness (QED) is 0.805. The molecule has 1 aromatic carbocycles. The van der Waals surface area contributed by atoms with Crippen molar-refractivity contribution in [2.24, 2.45) is 5.73 Å². The third-order valence-electron chi connectivity index (χ3n) is 2.58. The number of aryl methyl sites for hydroxylation is 1. The van der Waals surface area contributed by atoms with Gasteiger partial charge in [-0.15, -0.1) is 0 Å². The van der Waals surface area contributed by atoms with Gasteiger partial charge in [-0.05, 0) is 41.3 Å². The summed E-state index contributed by atoms with van der Waals surface area (Å²) >= 11 is 0. The topological polar surface area (TPSA) is 38.9 Å². The molecule has 0 saturated heterocycles. The monoisotopic (exact) mass is 198 g/mol. The maximum atomic E-state index is 5.63. The van der Waals surface area contributed by atoms with Gasteiger partial charge in [-0.25, -0.2) is 0 Å². The Morgan fingerprint density at radius 1 is 1.07 bits per heavy atom. The molecule has 15 heavy (non-hydrogen) atoms. The van der Waals surface area contributed by atoms with E-state index in [4.69, 9.17) is 5.73 Å². The predicted molar refractivity (Wildman–Crippen MR) is 62.3 cm³/mol. The summed E-state index contributed by atoms with van der Waals surface area (Å²) in [5.74, 6) is 0. The Kier molecular flexibility index (Phi) is 2.79. The molecule has 0 amide bonds. The Morgan fingerprint density at radius 2 is 1.80 bits per heavy atom. The van der Waals surface area contributed by atoms with Crippen LogP contribution in [0.3, 0.4) is 0 Å². The van der Waals surface area contributed by atoms with E-state index < -0.39 is 0 Å². The lowest BCUT2D eigenvalue weighted by Gasteiger charge is -2.06. The van der Waals surface area contributed by atoms with E-state index in [1.807, 2.05) is 24.5 Å². The van der Waals surface area contributed by atoms with Gasteiger partial charge in [-0.3, -0.25) is 4.98 Å². The maximum Gasteiger partial charge on any atom is 0.0273 e.